The number of hydrogen-bond donors (Lipinski definition) is 12. The number of carboxylic acid groups (broad SMARTS) is 1. The molecule has 4 heterocycles. The van der Waals surface area contributed by atoms with E-state index in [1.165, 1.54) is 32.7 Å². The molecule has 5 rings (SSSR count). The fourth-order valence-electron chi connectivity index (χ4n) is 10.4. The molecule has 84 heavy (non-hydrogen) atoms. The first-order chi connectivity index (χ1) is 39.8. The summed E-state index contributed by atoms with van der Waals surface area (Å²) in [5.41, 5.74) is 6.59. The van der Waals surface area contributed by atoms with Crippen LogP contribution in [0.5, 0.6) is 5.75 Å². The smallest absolute Gasteiger partial charge is 0.304 e. The molecule has 1 aromatic heterocycles. The summed E-state index contributed by atoms with van der Waals surface area (Å²) in [4.78, 5) is 167. The molecular formula is C55H79N9O18S2. The van der Waals surface area contributed by atoms with Crippen molar-refractivity contribution in [1.82, 2.24) is 41.8 Å². The summed E-state index contributed by atoms with van der Waals surface area (Å²) in [6, 6.07) is -3.77. The van der Waals surface area contributed by atoms with Gasteiger partial charge in [0, 0.05) is 85.6 Å². The van der Waals surface area contributed by atoms with E-state index in [0.29, 0.717) is 47.2 Å². The fraction of sp³-hybridized carbons (Fsp3) is 0.636. The number of rotatable bonds is 21. The third-order valence-electron chi connectivity index (χ3n) is 15.5. The number of thioether (sulfide) groups is 1. The zero-order chi connectivity index (χ0) is 62.1. The molecule has 3 aliphatic rings. The quantitative estimate of drug-likeness (QED) is 0.0611. The number of aromatic amines is 1. The van der Waals surface area contributed by atoms with Crippen LogP contribution < -0.4 is 42.4 Å². The van der Waals surface area contributed by atoms with Crippen LogP contribution in [0.4, 0.5) is 0 Å². The number of aliphatic hydroxyl groups excluding tert-OH is 3. The maximum absolute atomic E-state index is 15.3. The Hall–Kier alpha value is -6.82. The van der Waals surface area contributed by atoms with Crippen molar-refractivity contribution >= 4 is 104 Å². The molecule has 8 amide bonds. The highest BCUT2D eigenvalue weighted by atomic mass is 32.2. The first-order valence-electron chi connectivity index (χ1n) is 28.0. The molecule has 2 aromatic rings. The molecular weight excluding hydrogens is 1140 g/mol. The van der Waals surface area contributed by atoms with E-state index in [1.54, 1.807) is 26.0 Å². The molecule has 464 valence electrons. The van der Waals surface area contributed by atoms with E-state index >= 15 is 4.21 Å². The van der Waals surface area contributed by atoms with Crippen molar-refractivity contribution in [3.05, 3.63) is 23.3 Å². The van der Waals surface area contributed by atoms with Gasteiger partial charge in [-0.2, -0.15) is 11.8 Å². The average Bonchev–Trinajstić information content (AvgIpc) is 3.63. The number of carboxylic acids is 1. The molecule has 1 saturated heterocycles. The summed E-state index contributed by atoms with van der Waals surface area (Å²) in [5.74, 6) is -14.8. The number of ether oxygens (including phenoxy) is 1. The summed E-state index contributed by atoms with van der Waals surface area (Å²) in [7, 11) is -1.01. The molecule has 0 spiro atoms. The molecule has 29 heteroatoms. The third kappa shape index (κ3) is 18.6. The molecule has 12 atom stereocenters. The van der Waals surface area contributed by atoms with Crippen LogP contribution in [0.3, 0.4) is 0 Å². The molecule has 27 nitrogen and oxygen atoms in total. The number of nitrogens with one attached hydrogen (secondary N) is 7. The van der Waals surface area contributed by atoms with Crippen molar-refractivity contribution in [2.75, 3.05) is 51.4 Å². The number of H-pyrrole nitrogens is 1. The number of methoxy groups -OCH3 is 1. The second-order valence-corrected chi connectivity index (χ2v) is 24.3. The number of carbonyl (C=O) groups excluding carboxylic acids is 11. The highest BCUT2D eigenvalue weighted by Crippen LogP contribution is 2.37. The number of amides is 8. The Morgan fingerprint density at radius 2 is 1.62 bits per heavy atom. The lowest BCUT2D eigenvalue weighted by Gasteiger charge is -2.32. The van der Waals surface area contributed by atoms with Gasteiger partial charge < -0.3 is 72.7 Å². The monoisotopic (exact) mass is 1220 g/mol. The van der Waals surface area contributed by atoms with E-state index in [1.807, 2.05) is 0 Å². The number of carbonyl (C=O) groups is 12. The van der Waals surface area contributed by atoms with Gasteiger partial charge in [-0.3, -0.25) is 61.7 Å². The van der Waals surface area contributed by atoms with E-state index in [9.17, 15) is 72.9 Å². The number of primary amides is 1. The first kappa shape index (κ1) is 68.0. The Balaban J connectivity index is 1.64. The average molecular weight is 1220 g/mol. The van der Waals surface area contributed by atoms with Crippen LogP contribution in [0.25, 0.3) is 10.9 Å². The zero-order valence-electron chi connectivity index (χ0n) is 47.8. The SMILES string of the molecule is CC[C@H](C)[C@@H]1CC(=O)CNC(=O)[C@H]2CC(=O)[C@H]([C@@H](C)[C@@H](O)CO)NC(=O)[C@@H]3C[C@@H](O)CN3C(=O)[C@H](CC(N)=O)NC(=O)[C@H](CS(=O)c3[nH]c4c(CSCCCC(=O)CCCNC(=O)C(C)CC(=O)O)c(OC)ccc4c3C2)NC(=O)CNC1=O. The van der Waals surface area contributed by atoms with Crippen LogP contribution in [0, 0.1) is 29.6 Å². The number of aromatic nitrogens is 1. The Morgan fingerprint density at radius 3 is 2.29 bits per heavy atom. The summed E-state index contributed by atoms with van der Waals surface area (Å²) in [6.45, 7) is 3.72. The predicted octanol–water partition coefficient (Wildman–Crippen LogP) is -1.85. The standard InChI is InChI=1S/C55H79N9O18S2/c1-6-27(2)35-18-32(67)21-58-50(76)30-16-36-34-11-12-43(82-5)37(25-83-14-8-10-31(66)9-7-13-57-49(75)28(3)15-46(73)74)48(34)63-54(36)84(81)26-39(60-45(72)22-59-51(35)77)52(78)61-38(20-44(56)71)55(80)64-23-33(68)19-40(64)53(79)62-47(41(69)17-30)29(4)42(70)24-65/h11-12,27-30,33,35,38-40,42,47,63,65,68,70H,6-10,13-26H2,1-5H3,(H2,56,71)(H,57,75)(H,58,76)(H,59,77)(H,60,72)(H,61,78)(H,62,79)(H,73,74)/t27-,28?,29-,30+,33+,35-,38-,39-,40-,42-,47-,84?/m0/s1. The molecule has 0 radical (unpaired) electrons. The number of hydrogen-bond acceptors (Lipinski definition) is 18. The molecule has 0 saturated carbocycles. The van der Waals surface area contributed by atoms with Crippen LogP contribution in [0.1, 0.15) is 103 Å². The topological polar surface area (TPSA) is 429 Å². The second-order valence-electron chi connectivity index (χ2n) is 21.8. The van der Waals surface area contributed by atoms with Gasteiger partial charge in [0.2, 0.25) is 47.3 Å². The van der Waals surface area contributed by atoms with Crippen LogP contribution in [-0.4, -0.2) is 193 Å². The lowest BCUT2D eigenvalue weighted by atomic mass is 9.85. The number of aliphatic carboxylic acids is 1. The highest BCUT2D eigenvalue weighted by molar-refractivity contribution is 7.98. The number of nitrogens with zero attached hydrogens (tertiary/aromatic N) is 1. The number of ketones is 3. The maximum atomic E-state index is 15.3. The van der Waals surface area contributed by atoms with Gasteiger partial charge in [0.05, 0.1) is 80.0 Å². The van der Waals surface area contributed by atoms with Gasteiger partial charge in [0.25, 0.3) is 0 Å². The molecule has 1 aromatic carbocycles. The van der Waals surface area contributed by atoms with E-state index in [-0.39, 0.29) is 47.9 Å². The Kier molecular flexibility index (Phi) is 25.8. The minimum atomic E-state index is -2.43. The van der Waals surface area contributed by atoms with Crippen molar-refractivity contribution < 1.29 is 86.9 Å². The fourth-order valence-corrected chi connectivity index (χ4v) is 12.8. The normalized spacial score (nSPS) is 24.9. The Labute approximate surface area is 492 Å². The first-order valence-corrected chi connectivity index (χ1v) is 30.5. The van der Waals surface area contributed by atoms with Gasteiger partial charge in [-0.25, -0.2) is 0 Å². The number of aliphatic hydroxyl groups is 3. The molecule has 0 aliphatic carbocycles. The molecule has 2 unspecified atom stereocenters. The minimum absolute atomic E-state index is 0.0581. The van der Waals surface area contributed by atoms with E-state index < -0.39 is 206 Å². The van der Waals surface area contributed by atoms with Crippen LogP contribution in [-0.2, 0) is 80.5 Å². The second kappa shape index (κ2) is 31.9. The van der Waals surface area contributed by atoms with Gasteiger partial charge in [-0.15, -0.1) is 0 Å². The lowest BCUT2D eigenvalue weighted by molar-refractivity contribution is -0.144. The maximum Gasteiger partial charge on any atom is 0.304 e. The summed E-state index contributed by atoms with van der Waals surface area (Å²) >= 11 is 1.41. The summed E-state index contributed by atoms with van der Waals surface area (Å²) in [5, 5.41) is 56.3. The molecule has 2 bridgehead atoms. The number of fused-ring (bicyclic) bond motifs is 5. The molecule has 1 fully saturated rings. The zero-order valence-corrected chi connectivity index (χ0v) is 49.4. The van der Waals surface area contributed by atoms with Crippen molar-refractivity contribution in [2.24, 2.45) is 35.3 Å². The van der Waals surface area contributed by atoms with E-state index in [2.05, 4.69) is 36.9 Å². The Morgan fingerprint density at radius 1 is 0.917 bits per heavy atom. The number of benzene rings is 1. The number of Topliss-reactive ketones (excluding diaryl/α,β-unsaturated/α-hetero) is 3. The highest BCUT2D eigenvalue weighted by Gasteiger charge is 2.45. The number of nitrogens with two attached hydrogens (primary N) is 1. The van der Waals surface area contributed by atoms with Gasteiger partial charge >= 0.3 is 5.97 Å². The lowest BCUT2D eigenvalue weighted by Crippen LogP contribution is -2.60. The minimum Gasteiger partial charge on any atom is -0.496 e. The van der Waals surface area contributed by atoms with E-state index in [4.69, 9.17) is 15.6 Å². The largest absolute Gasteiger partial charge is 0.496 e. The van der Waals surface area contributed by atoms with Gasteiger partial charge in [-0.05, 0) is 48.6 Å². The van der Waals surface area contributed by atoms with Crippen LogP contribution >= 0.6 is 11.8 Å². The van der Waals surface area contributed by atoms with Gasteiger partial charge in [0.1, 0.15) is 34.7 Å². The summed E-state index contributed by atoms with van der Waals surface area (Å²) in [6.07, 6.45) is -4.61. The predicted molar refractivity (Wildman–Crippen MR) is 304 cm³/mol. The van der Waals surface area contributed by atoms with Crippen molar-refractivity contribution in [2.45, 2.75) is 145 Å². The van der Waals surface area contributed by atoms with Gasteiger partial charge in [-0.1, -0.05) is 34.1 Å². The van der Waals surface area contributed by atoms with Crippen molar-refractivity contribution in [3.8, 4) is 5.75 Å². The van der Waals surface area contributed by atoms with Gasteiger partial charge in [0.15, 0.2) is 11.6 Å². The van der Waals surface area contributed by atoms with Crippen LogP contribution in [0.15, 0.2) is 17.2 Å². The Bertz CT molecular complexity index is 2830. The summed E-state index contributed by atoms with van der Waals surface area (Å²) < 4.78 is 21.1. The third-order valence-corrected chi connectivity index (χ3v) is 18.0. The van der Waals surface area contributed by atoms with Crippen LogP contribution in [0.2, 0.25) is 0 Å². The van der Waals surface area contributed by atoms with E-state index in [0.717, 1.165) is 4.90 Å². The van der Waals surface area contributed by atoms with Crippen molar-refractivity contribution in [1.29, 1.82) is 0 Å². The molecule has 3 aliphatic heterocycles. The molecule has 13 N–H and O–H groups in total. The van der Waals surface area contributed by atoms with Crippen molar-refractivity contribution in [3.63, 3.8) is 0 Å².